The minimum absolute atomic E-state index is 0.122. The molecule has 0 bridgehead atoms. The Hall–Kier alpha value is -2.51. The van der Waals surface area contributed by atoms with Crippen molar-refractivity contribution in [3.63, 3.8) is 0 Å². The number of methoxy groups -OCH3 is 1. The molecule has 0 aliphatic rings. The minimum Gasteiger partial charge on any atom is -0.495 e. The normalized spacial score (nSPS) is 12.4. The van der Waals surface area contributed by atoms with E-state index in [-0.39, 0.29) is 18.2 Å². The number of rotatable bonds is 9. The van der Waals surface area contributed by atoms with E-state index in [1.165, 1.54) is 25.3 Å². The lowest BCUT2D eigenvalue weighted by molar-refractivity contribution is -0.140. The highest BCUT2D eigenvalue weighted by molar-refractivity contribution is 9.10. The zero-order valence-corrected chi connectivity index (χ0v) is 18.6. The molecule has 160 valence electrons. The van der Waals surface area contributed by atoms with Crippen LogP contribution in [0.5, 0.6) is 5.75 Å². The van der Waals surface area contributed by atoms with Gasteiger partial charge in [0, 0.05) is 12.0 Å². The smallest absolute Gasteiger partial charge is 0.310 e. The molecule has 0 saturated carbocycles. The van der Waals surface area contributed by atoms with Gasteiger partial charge in [0.15, 0.2) is 0 Å². The number of carboxylic acid groups (broad SMARTS) is 1. The molecule has 5 nitrogen and oxygen atoms in total. The second-order valence-corrected chi connectivity index (χ2v) is 8.03. The molecule has 30 heavy (non-hydrogen) atoms. The average Bonchev–Trinajstić information content (AvgIpc) is 2.66. The molecule has 0 fully saturated rings. The number of Topliss-reactive ketones (excluding diaryl/α,β-unsaturated/α-hetero) is 1. The van der Waals surface area contributed by atoms with Crippen molar-refractivity contribution < 1.29 is 28.9 Å². The van der Waals surface area contributed by atoms with Crippen LogP contribution < -0.4 is 4.74 Å². The zero-order valence-electron chi connectivity index (χ0n) is 17.0. The molecule has 0 aliphatic heterocycles. The molecule has 2 rings (SSSR count). The average molecular weight is 479 g/mol. The van der Waals surface area contributed by atoms with E-state index >= 15 is 0 Å². The first-order valence-corrected chi connectivity index (χ1v) is 10.2. The monoisotopic (exact) mass is 478 g/mol. The highest BCUT2D eigenvalue weighted by Crippen LogP contribution is 2.43. The number of carbonyl (C=O) groups excluding carboxylic acids is 1. The maximum atomic E-state index is 13.5. The van der Waals surface area contributed by atoms with Crippen LogP contribution in [0.3, 0.4) is 0 Å². The van der Waals surface area contributed by atoms with Gasteiger partial charge >= 0.3 is 5.97 Å². The Bertz CT molecular complexity index is 951. The van der Waals surface area contributed by atoms with Crippen molar-refractivity contribution in [3.8, 4) is 16.9 Å². The van der Waals surface area contributed by atoms with E-state index in [9.17, 15) is 19.1 Å². The van der Waals surface area contributed by atoms with E-state index in [1.807, 2.05) is 19.9 Å². The Morgan fingerprint density at radius 2 is 1.87 bits per heavy atom. The van der Waals surface area contributed by atoms with Crippen LogP contribution in [0.1, 0.15) is 43.7 Å². The predicted molar refractivity (Wildman–Crippen MR) is 117 cm³/mol. The van der Waals surface area contributed by atoms with Gasteiger partial charge in [0.05, 0.1) is 17.7 Å². The molecule has 0 saturated heterocycles. The third kappa shape index (κ3) is 6.00. The van der Waals surface area contributed by atoms with Crippen molar-refractivity contribution in [2.75, 3.05) is 7.11 Å². The summed E-state index contributed by atoms with van der Waals surface area (Å²) in [7, 11) is 1.54. The fraction of sp³-hybridized carbons (Fsp3) is 0.304. The van der Waals surface area contributed by atoms with Crippen molar-refractivity contribution in [2.24, 2.45) is 0 Å². The maximum Gasteiger partial charge on any atom is 0.310 e. The Kier molecular flexibility index (Phi) is 8.32. The molecule has 0 amide bonds. The number of carbonyl (C=O) groups is 2. The van der Waals surface area contributed by atoms with Crippen LogP contribution in [0.25, 0.3) is 17.2 Å². The van der Waals surface area contributed by atoms with Crippen LogP contribution in [0, 0.1) is 5.82 Å². The zero-order chi connectivity index (χ0) is 22.4. The second kappa shape index (κ2) is 10.5. The molecule has 0 aromatic heterocycles. The summed E-state index contributed by atoms with van der Waals surface area (Å²) in [6, 6.07) is 7.94. The summed E-state index contributed by atoms with van der Waals surface area (Å²) < 4.78 is 19.8. The molecule has 1 atom stereocenters. The Morgan fingerprint density at radius 1 is 1.23 bits per heavy atom. The van der Waals surface area contributed by atoms with Crippen molar-refractivity contribution in [1.29, 1.82) is 0 Å². The molecule has 2 aromatic carbocycles. The van der Waals surface area contributed by atoms with Crippen LogP contribution in [0.2, 0.25) is 0 Å². The lowest BCUT2D eigenvalue weighted by Crippen LogP contribution is -2.14. The number of ketones is 1. The fourth-order valence-corrected chi connectivity index (χ4v) is 3.78. The lowest BCUT2D eigenvalue weighted by Gasteiger charge is -2.20. The number of carboxylic acids is 1. The topological polar surface area (TPSA) is 83.8 Å². The van der Waals surface area contributed by atoms with E-state index < -0.39 is 24.3 Å². The molecule has 1 unspecified atom stereocenters. The number of aliphatic hydroxyl groups excluding tert-OH is 1. The molecule has 0 heterocycles. The van der Waals surface area contributed by atoms with Gasteiger partial charge in [0.2, 0.25) is 0 Å². The quantitative estimate of drug-likeness (QED) is 0.484. The van der Waals surface area contributed by atoms with Crippen LogP contribution in [-0.4, -0.2) is 35.2 Å². The molecule has 7 heteroatoms. The van der Waals surface area contributed by atoms with Gasteiger partial charge in [0.25, 0.3) is 0 Å². The standard InChI is InChI=1S/C23H24BrFO5/c1-13(2)19-12-20(24)23(30-3)22(14-4-6-15(25)7-5-14)18(19)9-8-16(26)10-17(27)11-21(28)29/h4-9,12-13,16,26H,10-11H2,1-3H3,(H,28,29)/b9-8+. The second-order valence-electron chi connectivity index (χ2n) is 7.17. The predicted octanol–water partition coefficient (Wildman–Crippen LogP) is 5.20. The maximum absolute atomic E-state index is 13.5. The van der Waals surface area contributed by atoms with Crippen LogP contribution >= 0.6 is 15.9 Å². The van der Waals surface area contributed by atoms with Gasteiger partial charge < -0.3 is 14.9 Å². The van der Waals surface area contributed by atoms with Gasteiger partial charge in [-0.15, -0.1) is 0 Å². The Labute approximate surface area is 183 Å². The third-order valence-corrected chi connectivity index (χ3v) is 5.12. The molecule has 2 aromatic rings. The van der Waals surface area contributed by atoms with Crippen molar-refractivity contribution >= 4 is 33.8 Å². The van der Waals surface area contributed by atoms with Crippen molar-refractivity contribution in [1.82, 2.24) is 0 Å². The number of aliphatic hydroxyl groups is 1. The highest BCUT2D eigenvalue weighted by atomic mass is 79.9. The summed E-state index contributed by atoms with van der Waals surface area (Å²) >= 11 is 3.54. The van der Waals surface area contributed by atoms with Gasteiger partial charge in [0.1, 0.15) is 23.8 Å². The van der Waals surface area contributed by atoms with Gasteiger partial charge in [-0.2, -0.15) is 0 Å². The summed E-state index contributed by atoms with van der Waals surface area (Å²) in [5.74, 6) is -1.47. The van der Waals surface area contributed by atoms with Crippen molar-refractivity contribution in [3.05, 3.63) is 57.8 Å². The minimum atomic E-state index is -1.23. The number of ether oxygens (including phenoxy) is 1. The third-order valence-electron chi connectivity index (χ3n) is 4.54. The van der Waals surface area contributed by atoms with E-state index in [4.69, 9.17) is 9.84 Å². The number of hydrogen-bond donors (Lipinski definition) is 2. The number of hydrogen-bond acceptors (Lipinski definition) is 4. The lowest BCUT2D eigenvalue weighted by atomic mass is 9.88. The van der Waals surface area contributed by atoms with Crippen molar-refractivity contribution in [2.45, 2.75) is 38.7 Å². The Morgan fingerprint density at radius 3 is 2.40 bits per heavy atom. The van der Waals surface area contributed by atoms with Crippen LogP contribution in [-0.2, 0) is 9.59 Å². The summed E-state index contributed by atoms with van der Waals surface area (Å²) in [6.07, 6.45) is 1.10. The number of benzene rings is 2. The molecular weight excluding hydrogens is 455 g/mol. The SMILES string of the molecule is COc1c(Br)cc(C(C)C)c(/C=C/C(O)CC(=O)CC(=O)O)c1-c1ccc(F)cc1. The van der Waals surface area contributed by atoms with Crippen LogP contribution in [0.15, 0.2) is 40.9 Å². The first kappa shape index (κ1) is 23.8. The van der Waals surface area contributed by atoms with Crippen LogP contribution in [0.4, 0.5) is 4.39 Å². The van der Waals surface area contributed by atoms with Gasteiger partial charge in [-0.3, -0.25) is 9.59 Å². The number of halogens is 2. The molecule has 0 aliphatic carbocycles. The Balaban J connectivity index is 2.56. The van der Waals surface area contributed by atoms with E-state index in [0.717, 1.165) is 26.7 Å². The first-order chi connectivity index (χ1) is 14.1. The highest BCUT2D eigenvalue weighted by Gasteiger charge is 2.20. The summed E-state index contributed by atoms with van der Waals surface area (Å²) in [5, 5.41) is 18.9. The molecular formula is C23H24BrFO5. The summed E-state index contributed by atoms with van der Waals surface area (Å²) in [5.41, 5.74) is 3.17. The van der Waals surface area contributed by atoms with Gasteiger partial charge in [-0.1, -0.05) is 38.1 Å². The molecule has 0 spiro atoms. The molecule has 0 radical (unpaired) electrons. The number of aliphatic carboxylic acids is 1. The fourth-order valence-electron chi connectivity index (χ4n) is 3.18. The first-order valence-electron chi connectivity index (χ1n) is 9.40. The molecule has 2 N–H and O–H groups in total. The van der Waals surface area contributed by atoms with E-state index in [2.05, 4.69) is 15.9 Å². The summed E-state index contributed by atoms with van der Waals surface area (Å²) in [4.78, 5) is 22.3. The van der Waals surface area contributed by atoms with E-state index in [1.54, 1.807) is 18.2 Å². The largest absolute Gasteiger partial charge is 0.495 e. The van der Waals surface area contributed by atoms with Gasteiger partial charge in [-0.25, -0.2) is 4.39 Å². The summed E-state index contributed by atoms with van der Waals surface area (Å²) in [6.45, 7) is 4.04. The van der Waals surface area contributed by atoms with Gasteiger partial charge in [-0.05, 0) is 56.7 Å². The van der Waals surface area contributed by atoms with E-state index in [0.29, 0.717) is 5.75 Å².